The first-order chi connectivity index (χ1) is 15.2. The molecule has 1 fully saturated rings. The second kappa shape index (κ2) is 10.1. The van der Waals surface area contributed by atoms with E-state index in [1.165, 1.54) is 35.5 Å². The van der Waals surface area contributed by atoms with Crippen molar-refractivity contribution in [3.05, 3.63) is 59.1 Å². The molecule has 0 unspecified atom stereocenters. The molecule has 0 radical (unpaired) electrons. The van der Waals surface area contributed by atoms with Gasteiger partial charge < -0.3 is 10.2 Å². The summed E-state index contributed by atoms with van der Waals surface area (Å²) < 4.78 is 27.5. The molecule has 2 aromatic rings. The summed E-state index contributed by atoms with van der Waals surface area (Å²) in [4.78, 5) is 24.6. The van der Waals surface area contributed by atoms with Crippen molar-refractivity contribution in [2.24, 2.45) is 0 Å². The van der Waals surface area contributed by atoms with Gasteiger partial charge in [-0.2, -0.15) is 4.31 Å². The predicted octanol–water partition coefficient (Wildman–Crippen LogP) is 2.33. The van der Waals surface area contributed by atoms with Crippen molar-refractivity contribution in [1.82, 2.24) is 9.79 Å². The molecule has 11 heteroatoms. The van der Waals surface area contributed by atoms with E-state index in [1.54, 1.807) is 11.6 Å². The minimum Gasteiger partial charge on any atom is -0.368 e. The number of hydrogen-bond acceptors (Lipinski definition) is 6. The number of carbonyl (C=O) groups is 2. The molecule has 0 spiro atoms. The number of hydroxylamine groups is 1. The molecule has 2 amide bonds. The first kappa shape index (κ1) is 23.7. The molecule has 3 N–H and O–H groups in total. The lowest BCUT2D eigenvalue weighted by Crippen LogP contribution is -2.48. The number of nitrogens with zero attached hydrogens (tertiary/aromatic N) is 2. The zero-order valence-corrected chi connectivity index (χ0v) is 18.9. The van der Waals surface area contributed by atoms with Gasteiger partial charge in [0, 0.05) is 44.9 Å². The van der Waals surface area contributed by atoms with Crippen LogP contribution in [0.1, 0.15) is 12.5 Å². The van der Waals surface area contributed by atoms with Crippen LogP contribution in [0, 0.1) is 0 Å². The summed E-state index contributed by atoms with van der Waals surface area (Å²) in [7, 11) is -3.76. The van der Waals surface area contributed by atoms with Crippen LogP contribution < -0.4 is 15.7 Å². The Morgan fingerprint density at radius 1 is 1.09 bits per heavy atom. The lowest BCUT2D eigenvalue weighted by atomic mass is 10.1. The Balaban J connectivity index is 1.73. The van der Waals surface area contributed by atoms with Gasteiger partial charge in [-0.05, 0) is 35.9 Å². The first-order valence-corrected chi connectivity index (χ1v) is 11.6. The molecule has 0 atom stereocenters. The summed E-state index contributed by atoms with van der Waals surface area (Å²) in [5.74, 6) is -0.940. The number of rotatable bonds is 6. The third-order valence-corrected chi connectivity index (χ3v) is 7.14. The van der Waals surface area contributed by atoms with E-state index in [-0.39, 0.29) is 28.9 Å². The first-order valence-electron chi connectivity index (χ1n) is 9.76. The number of amides is 2. The van der Waals surface area contributed by atoms with Crippen molar-refractivity contribution in [3.63, 3.8) is 0 Å². The van der Waals surface area contributed by atoms with Gasteiger partial charge in [0.15, 0.2) is 0 Å². The zero-order chi connectivity index (χ0) is 23.3. The van der Waals surface area contributed by atoms with Crippen molar-refractivity contribution in [2.45, 2.75) is 11.8 Å². The van der Waals surface area contributed by atoms with E-state index >= 15 is 0 Å². The Labute approximate surface area is 191 Å². The SMILES string of the molecule is CC(=O)Nc1ccc(S(=O)(=O)N2CCN(c3ccccc3/C=C/C(=O)NO)CC2)cc1Cl. The molecule has 1 saturated heterocycles. The van der Waals surface area contributed by atoms with Crippen molar-refractivity contribution in [3.8, 4) is 0 Å². The van der Waals surface area contributed by atoms with E-state index in [0.717, 1.165) is 11.3 Å². The van der Waals surface area contributed by atoms with Gasteiger partial charge in [-0.15, -0.1) is 0 Å². The molecule has 0 aliphatic carbocycles. The number of nitrogens with one attached hydrogen (secondary N) is 2. The quantitative estimate of drug-likeness (QED) is 0.333. The van der Waals surface area contributed by atoms with E-state index in [0.29, 0.717) is 18.8 Å². The van der Waals surface area contributed by atoms with Crippen LogP contribution in [0.15, 0.2) is 53.4 Å². The van der Waals surface area contributed by atoms with Crippen LogP contribution >= 0.6 is 11.6 Å². The van der Waals surface area contributed by atoms with Crippen LogP contribution in [0.2, 0.25) is 5.02 Å². The number of sulfonamides is 1. The highest BCUT2D eigenvalue weighted by molar-refractivity contribution is 7.89. The lowest BCUT2D eigenvalue weighted by molar-refractivity contribution is -0.124. The smallest absolute Gasteiger partial charge is 0.267 e. The normalized spacial score (nSPS) is 15.0. The Kier molecular flexibility index (Phi) is 7.52. The number of carbonyl (C=O) groups excluding carboxylic acids is 2. The summed E-state index contributed by atoms with van der Waals surface area (Å²) in [6.45, 7) is 2.78. The number of piperazine rings is 1. The fraction of sp³-hybridized carbons (Fsp3) is 0.238. The summed E-state index contributed by atoms with van der Waals surface area (Å²) in [6.07, 6.45) is 2.80. The summed E-state index contributed by atoms with van der Waals surface area (Å²) in [6, 6.07) is 11.6. The Morgan fingerprint density at radius 2 is 1.78 bits per heavy atom. The van der Waals surface area contributed by atoms with E-state index in [4.69, 9.17) is 16.8 Å². The minimum atomic E-state index is -3.76. The fourth-order valence-electron chi connectivity index (χ4n) is 3.38. The molecular weight excluding hydrogens is 456 g/mol. The van der Waals surface area contributed by atoms with E-state index in [1.807, 2.05) is 29.2 Å². The summed E-state index contributed by atoms with van der Waals surface area (Å²) >= 11 is 6.15. The van der Waals surface area contributed by atoms with E-state index in [2.05, 4.69) is 5.32 Å². The highest BCUT2D eigenvalue weighted by Gasteiger charge is 2.29. The number of hydrogen-bond donors (Lipinski definition) is 3. The average Bonchev–Trinajstić information content (AvgIpc) is 2.78. The maximum Gasteiger partial charge on any atom is 0.267 e. The average molecular weight is 479 g/mol. The molecule has 1 aliphatic rings. The number of halogens is 1. The Hall–Kier alpha value is -2.92. The second-order valence-corrected chi connectivity index (χ2v) is 9.43. The monoisotopic (exact) mass is 478 g/mol. The van der Waals surface area contributed by atoms with Gasteiger partial charge in [-0.25, -0.2) is 13.9 Å². The molecule has 9 nitrogen and oxygen atoms in total. The van der Waals surface area contributed by atoms with Gasteiger partial charge in [-0.1, -0.05) is 29.8 Å². The van der Waals surface area contributed by atoms with Gasteiger partial charge in [0.05, 0.1) is 15.6 Å². The summed E-state index contributed by atoms with van der Waals surface area (Å²) in [5.41, 5.74) is 3.52. The van der Waals surface area contributed by atoms with Crippen LogP contribution in [-0.4, -0.2) is 55.9 Å². The lowest BCUT2D eigenvalue weighted by Gasteiger charge is -2.36. The van der Waals surface area contributed by atoms with Crippen LogP contribution in [0.25, 0.3) is 6.08 Å². The molecule has 32 heavy (non-hydrogen) atoms. The maximum absolute atomic E-state index is 13.1. The van der Waals surface area contributed by atoms with Gasteiger partial charge in [0.25, 0.3) is 5.91 Å². The minimum absolute atomic E-state index is 0.0587. The fourth-order valence-corrected chi connectivity index (χ4v) is 5.13. The van der Waals surface area contributed by atoms with Crippen LogP contribution in [0.5, 0.6) is 0 Å². The van der Waals surface area contributed by atoms with E-state index < -0.39 is 15.9 Å². The molecule has 1 aliphatic heterocycles. The third kappa shape index (κ3) is 5.46. The zero-order valence-electron chi connectivity index (χ0n) is 17.3. The standard InChI is InChI=1S/C21H23ClN4O5S/c1-15(27)23-19-8-7-17(14-18(19)22)32(30,31)26-12-10-25(11-13-26)20-5-3-2-4-16(20)6-9-21(28)24-29/h2-9,14,29H,10-13H2,1H3,(H,23,27)(H,24,28)/b9-6+. The van der Waals surface area contributed by atoms with Crippen molar-refractivity contribution in [1.29, 1.82) is 0 Å². The number of benzene rings is 2. The van der Waals surface area contributed by atoms with Crippen molar-refractivity contribution in [2.75, 3.05) is 36.4 Å². The molecule has 0 saturated carbocycles. The Morgan fingerprint density at radius 3 is 2.41 bits per heavy atom. The molecule has 3 rings (SSSR count). The highest BCUT2D eigenvalue weighted by atomic mass is 35.5. The Bertz CT molecular complexity index is 1140. The predicted molar refractivity (Wildman–Crippen MR) is 122 cm³/mol. The molecule has 1 heterocycles. The number of para-hydroxylation sites is 1. The van der Waals surface area contributed by atoms with Crippen molar-refractivity contribution >= 4 is 50.9 Å². The van der Waals surface area contributed by atoms with Gasteiger partial charge in [0.1, 0.15) is 0 Å². The van der Waals surface area contributed by atoms with Gasteiger partial charge in [0.2, 0.25) is 15.9 Å². The van der Waals surface area contributed by atoms with Crippen LogP contribution in [-0.2, 0) is 19.6 Å². The molecule has 0 aromatic heterocycles. The third-order valence-electron chi connectivity index (χ3n) is 4.93. The topological polar surface area (TPSA) is 119 Å². The molecule has 0 bridgehead atoms. The second-order valence-electron chi connectivity index (χ2n) is 7.08. The number of anilines is 2. The van der Waals surface area contributed by atoms with Crippen LogP contribution in [0.4, 0.5) is 11.4 Å². The van der Waals surface area contributed by atoms with E-state index in [9.17, 15) is 18.0 Å². The molecular formula is C21H23ClN4O5S. The largest absolute Gasteiger partial charge is 0.368 e. The van der Waals surface area contributed by atoms with Gasteiger partial charge >= 0.3 is 0 Å². The summed E-state index contributed by atoms with van der Waals surface area (Å²) in [5, 5.41) is 11.3. The molecule has 2 aromatic carbocycles. The highest BCUT2D eigenvalue weighted by Crippen LogP contribution is 2.29. The van der Waals surface area contributed by atoms with Crippen molar-refractivity contribution < 1.29 is 23.2 Å². The maximum atomic E-state index is 13.1. The van der Waals surface area contributed by atoms with Crippen LogP contribution in [0.3, 0.4) is 0 Å². The van der Waals surface area contributed by atoms with Gasteiger partial charge in [-0.3, -0.25) is 14.8 Å². The molecule has 170 valence electrons.